The van der Waals surface area contributed by atoms with E-state index in [1.807, 2.05) is 6.07 Å². The highest BCUT2D eigenvalue weighted by Crippen LogP contribution is 2.48. The summed E-state index contributed by atoms with van der Waals surface area (Å²) in [5, 5.41) is 2.80. The number of benzene rings is 2. The van der Waals surface area contributed by atoms with E-state index in [9.17, 15) is 18.0 Å². The second-order valence-corrected chi connectivity index (χ2v) is 6.47. The molecule has 3 rings (SSSR count). The van der Waals surface area contributed by atoms with Crippen LogP contribution in [0.25, 0.3) is 0 Å². The molecule has 2 aromatic rings. The van der Waals surface area contributed by atoms with Crippen molar-refractivity contribution in [3.63, 3.8) is 0 Å². The van der Waals surface area contributed by atoms with Crippen molar-refractivity contribution in [2.45, 2.75) is 30.5 Å². The van der Waals surface area contributed by atoms with Crippen LogP contribution in [0.4, 0.5) is 13.2 Å². The molecule has 0 saturated heterocycles. The summed E-state index contributed by atoms with van der Waals surface area (Å²) in [6.07, 6.45) is -2.88. The van der Waals surface area contributed by atoms with E-state index in [1.54, 1.807) is 30.3 Å². The van der Waals surface area contributed by atoms with E-state index in [-0.39, 0.29) is 12.5 Å². The lowest BCUT2D eigenvalue weighted by atomic mass is 9.94. The lowest BCUT2D eigenvalue weighted by Gasteiger charge is -2.20. The van der Waals surface area contributed by atoms with Gasteiger partial charge in [-0.15, -0.1) is 0 Å². The Morgan fingerprint density at radius 1 is 1.12 bits per heavy atom. The molecule has 3 N–H and O–H groups in total. The van der Waals surface area contributed by atoms with E-state index < -0.39 is 23.2 Å². The molecule has 0 aromatic heterocycles. The zero-order chi connectivity index (χ0) is 18.1. The molecule has 1 aliphatic rings. The first-order chi connectivity index (χ1) is 11.8. The fourth-order valence-electron chi connectivity index (χ4n) is 2.92. The van der Waals surface area contributed by atoms with Crippen LogP contribution >= 0.6 is 0 Å². The summed E-state index contributed by atoms with van der Waals surface area (Å²) in [7, 11) is 0. The highest BCUT2D eigenvalue weighted by Gasteiger charge is 2.45. The van der Waals surface area contributed by atoms with Gasteiger partial charge in [0, 0.05) is 12.0 Å². The maximum atomic E-state index is 12.9. The summed E-state index contributed by atoms with van der Waals surface area (Å²) in [5.41, 5.74) is 6.17. The van der Waals surface area contributed by atoms with E-state index in [4.69, 9.17) is 5.73 Å². The van der Waals surface area contributed by atoms with Crippen molar-refractivity contribution < 1.29 is 18.0 Å². The van der Waals surface area contributed by atoms with Crippen LogP contribution in [0, 0.1) is 0 Å². The molecule has 1 fully saturated rings. The first kappa shape index (κ1) is 17.5. The summed E-state index contributed by atoms with van der Waals surface area (Å²) in [6, 6.07) is 13.5. The van der Waals surface area contributed by atoms with Crippen molar-refractivity contribution in [3.8, 4) is 0 Å². The van der Waals surface area contributed by atoms with Crippen molar-refractivity contribution >= 4 is 5.91 Å². The van der Waals surface area contributed by atoms with E-state index in [0.717, 1.165) is 18.9 Å². The third-order valence-electron chi connectivity index (χ3n) is 4.70. The Kier molecular flexibility index (Phi) is 4.56. The Morgan fingerprint density at radius 2 is 1.80 bits per heavy atom. The number of halogens is 3. The van der Waals surface area contributed by atoms with E-state index in [1.165, 1.54) is 12.1 Å². The monoisotopic (exact) mass is 348 g/mol. The van der Waals surface area contributed by atoms with Crippen LogP contribution in [0.15, 0.2) is 54.6 Å². The van der Waals surface area contributed by atoms with Crippen molar-refractivity contribution in [2.24, 2.45) is 5.73 Å². The highest BCUT2D eigenvalue weighted by atomic mass is 19.4. The first-order valence-corrected chi connectivity index (χ1v) is 8.08. The lowest BCUT2D eigenvalue weighted by Crippen LogP contribution is -2.38. The summed E-state index contributed by atoms with van der Waals surface area (Å²) in [5.74, 6) is -0.329. The standard InChI is InChI=1S/C19H19F3N2O/c20-19(21,22)15-8-4-7-14(11-15)18(9-10-18)12-24-17(25)16(23)13-5-2-1-3-6-13/h1-8,11,16H,9-10,12,23H2,(H,24,25). The molecular weight excluding hydrogens is 329 g/mol. The van der Waals surface area contributed by atoms with Gasteiger partial charge in [0.15, 0.2) is 0 Å². The zero-order valence-electron chi connectivity index (χ0n) is 13.5. The molecule has 1 unspecified atom stereocenters. The van der Waals surface area contributed by atoms with Crippen LogP contribution in [-0.4, -0.2) is 12.5 Å². The second kappa shape index (κ2) is 6.52. The SMILES string of the molecule is NC(C(=O)NCC1(c2cccc(C(F)(F)F)c2)CC1)c1ccccc1. The normalized spacial score (nSPS) is 17.0. The Morgan fingerprint density at radius 3 is 2.40 bits per heavy atom. The average Bonchev–Trinajstić information content (AvgIpc) is 3.40. The van der Waals surface area contributed by atoms with Crippen molar-refractivity contribution in [1.29, 1.82) is 0 Å². The van der Waals surface area contributed by atoms with Gasteiger partial charge in [-0.2, -0.15) is 13.2 Å². The predicted octanol–water partition coefficient (Wildman–Crippen LogP) is 3.55. The van der Waals surface area contributed by atoms with Gasteiger partial charge in [-0.05, 0) is 30.0 Å². The van der Waals surface area contributed by atoms with Gasteiger partial charge in [-0.3, -0.25) is 4.79 Å². The summed E-state index contributed by atoms with van der Waals surface area (Å²) in [4.78, 5) is 12.3. The van der Waals surface area contributed by atoms with Gasteiger partial charge in [0.1, 0.15) is 6.04 Å². The van der Waals surface area contributed by atoms with Crippen LogP contribution in [0.1, 0.15) is 35.6 Å². The molecular formula is C19H19F3N2O. The number of nitrogens with two attached hydrogens (primary N) is 1. The van der Waals surface area contributed by atoms with Crippen molar-refractivity contribution in [2.75, 3.05) is 6.54 Å². The van der Waals surface area contributed by atoms with Gasteiger partial charge in [0.05, 0.1) is 5.56 Å². The molecule has 0 heterocycles. The average molecular weight is 348 g/mol. The maximum absolute atomic E-state index is 12.9. The molecule has 3 nitrogen and oxygen atoms in total. The molecule has 2 aromatic carbocycles. The molecule has 25 heavy (non-hydrogen) atoms. The van der Waals surface area contributed by atoms with Crippen LogP contribution in [0.2, 0.25) is 0 Å². The van der Waals surface area contributed by atoms with E-state index >= 15 is 0 Å². The minimum atomic E-state index is -4.37. The molecule has 1 atom stereocenters. The highest BCUT2D eigenvalue weighted by molar-refractivity contribution is 5.83. The molecule has 0 bridgehead atoms. The summed E-state index contributed by atoms with van der Waals surface area (Å²) in [6.45, 7) is 0.285. The van der Waals surface area contributed by atoms with E-state index in [2.05, 4.69) is 5.32 Å². The van der Waals surface area contributed by atoms with Crippen LogP contribution in [0.5, 0.6) is 0 Å². The summed E-state index contributed by atoms with van der Waals surface area (Å²) < 4.78 is 38.7. The van der Waals surface area contributed by atoms with Gasteiger partial charge in [0.25, 0.3) is 0 Å². The fraction of sp³-hybridized carbons (Fsp3) is 0.316. The minimum absolute atomic E-state index is 0.285. The number of carbonyl (C=O) groups is 1. The number of amides is 1. The number of alkyl halides is 3. The van der Waals surface area contributed by atoms with Crippen LogP contribution in [0.3, 0.4) is 0 Å². The third kappa shape index (κ3) is 3.85. The number of hydrogen-bond acceptors (Lipinski definition) is 2. The summed E-state index contributed by atoms with van der Waals surface area (Å²) >= 11 is 0. The maximum Gasteiger partial charge on any atom is 0.416 e. The first-order valence-electron chi connectivity index (χ1n) is 8.08. The number of nitrogens with one attached hydrogen (secondary N) is 1. The minimum Gasteiger partial charge on any atom is -0.354 e. The molecule has 0 radical (unpaired) electrons. The molecule has 1 amide bonds. The van der Waals surface area contributed by atoms with Crippen molar-refractivity contribution in [3.05, 3.63) is 71.3 Å². The fourth-order valence-corrected chi connectivity index (χ4v) is 2.92. The Hall–Kier alpha value is -2.34. The number of rotatable bonds is 5. The molecule has 0 spiro atoms. The molecule has 6 heteroatoms. The van der Waals surface area contributed by atoms with Gasteiger partial charge in [0.2, 0.25) is 5.91 Å². The quantitative estimate of drug-likeness (QED) is 0.868. The Balaban J connectivity index is 1.68. The number of hydrogen-bond donors (Lipinski definition) is 2. The zero-order valence-corrected chi connectivity index (χ0v) is 13.5. The van der Waals surface area contributed by atoms with E-state index in [0.29, 0.717) is 11.1 Å². The predicted molar refractivity (Wildman–Crippen MR) is 88.7 cm³/mol. The van der Waals surface area contributed by atoms with Gasteiger partial charge in [-0.1, -0.05) is 48.5 Å². The molecule has 132 valence electrons. The van der Waals surface area contributed by atoms with Crippen LogP contribution in [-0.2, 0) is 16.4 Å². The topological polar surface area (TPSA) is 55.1 Å². The van der Waals surface area contributed by atoms with Gasteiger partial charge >= 0.3 is 6.18 Å². The van der Waals surface area contributed by atoms with Crippen molar-refractivity contribution in [1.82, 2.24) is 5.32 Å². The van der Waals surface area contributed by atoms with Gasteiger partial charge in [-0.25, -0.2) is 0 Å². The molecule has 1 saturated carbocycles. The smallest absolute Gasteiger partial charge is 0.354 e. The number of carbonyl (C=O) groups excluding carboxylic acids is 1. The molecule has 1 aliphatic carbocycles. The lowest BCUT2D eigenvalue weighted by molar-refractivity contribution is -0.137. The Labute approximate surface area is 144 Å². The third-order valence-corrected chi connectivity index (χ3v) is 4.70. The van der Waals surface area contributed by atoms with Crippen LogP contribution < -0.4 is 11.1 Å². The van der Waals surface area contributed by atoms with Gasteiger partial charge < -0.3 is 11.1 Å². The largest absolute Gasteiger partial charge is 0.416 e. The second-order valence-electron chi connectivity index (χ2n) is 6.47. The molecule has 0 aliphatic heterocycles. The Bertz CT molecular complexity index is 755.